The molecule has 0 aromatic carbocycles. The fraction of sp³-hybridized carbons (Fsp3) is 0.385. The van der Waals surface area contributed by atoms with Crippen molar-refractivity contribution in [3.63, 3.8) is 0 Å². The molecule has 2 aromatic heterocycles. The molecule has 0 aliphatic carbocycles. The second-order valence-corrected chi connectivity index (χ2v) is 4.75. The van der Waals surface area contributed by atoms with Gasteiger partial charge >= 0.3 is 0 Å². The van der Waals surface area contributed by atoms with Crippen molar-refractivity contribution in [3.05, 3.63) is 28.8 Å². The first-order valence-corrected chi connectivity index (χ1v) is 6.05. The van der Waals surface area contributed by atoms with Crippen LogP contribution in [0.1, 0.15) is 42.5 Å². The van der Waals surface area contributed by atoms with Gasteiger partial charge in [-0.3, -0.25) is 0 Å². The van der Waals surface area contributed by atoms with Crippen molar-refractivity contribution in [2.24, 2.45) is 0 Å². The summed E-state index contributed by atoms with van der Waals surface area (Å²) in [7, 11) is 0. The van der Waals surface area contributed by atoms with E-state index in [9.17, 15) is 0 Å². The normalized spacial score (nSPS) is 10.7. The standard InChI is InChI=1S/C13H16N6/c1-7(2)13-16-8(3)5-11(17-13)19-12(15)10(6-14)9(4)18-19/h5,7H,15H2,1-4H3. The first-order valence-electron chi connectivity index (χ1n) is 6.05. The molecule has 0 saturated carbocycles. The van der Waals surface area contributed by atoms with Crippen molar-refractivity contribution < 1.29 is 0 Å². The van der Waals surface area contributed by atoms with E-state index in [2.05, 4.69) is 21.1 Å². The van der Waals surface area contributed by atoms with Gasteiger partial charge in [0, 0.05) is 17.7 Å². The van der Waals surface area contributed by atoms with Crippen LogP contribution in [0.25, 0.3) is 5.82 Å². The third kappa shape index (κ3) is 2.27. The summed E-state index contributed by atoms with van der Waals surface area (Å²) < 4.78 is 1.49. The van der Waals surface area contributed by atoms with Gasteiger partial charge in [-0.2, -0.15) is 15.0 Å². The molecule has 19 heavy (non-hydrogen) atoms. The number of hydrogen-bond donors (Lipinski definition) is 1. The Kier molecular flexibility index (Phi) is 3.21. The maximum Gasteiger partial charge on any atom is 0.159 e. The van der Waals surface area contributed by atoms with Crippen molar-refractivity contribution in [2.75, 3.05) is 5.73 Å². The minimum atomic E-state index is 0.215. The Morgan fingerprint density at radius 2 is 2.00 bits per heavy atom. The molecule has 2 N–H and O–H groups in total. The van der Waals surface area contributed by atoms with Gasteiger partial charge in [-0.25, -0.2) is 9.97 Å². The Balaban J connectivity index is 2.63. The van der Waals surface area contributed by atoms with Crippen LogP contribution in [-0.4, -0.2) is 19.7 Å². The van der Waals surface area contributed by atoms with E-state index in [4.69, 9.17) is 11.0 Å². The number of nitrogens with zero attached hydrogens (tertiary/aromatic N) is 5. The average molecular weight is 256 g/mol. The summed E-state index contributed by atoms with van der Waals surface area (Å²) >= 11 is 0. The predicted octanol–water partition coefficient (Wildman–Crippen LogP) is 1.86. The Bertz CT molecular complexity index is 663. The molecule has 0 aliphatic heterocycles. The van der Waals surface area contributed by atoms with E-state index >= 15 is 0 Å². The quantitative estimate of drug-likeness (QED) is 0.885. The maximum absolute atomic E-state index is 9.04. The molecule has 2 aromatic rings. The first-order chi connectivity index (χ1) is 8.93. The lowest BCUT2D eigenvalue weighted by Gasteiger charge is -2.09. The van der Waals surface area contributed by atoms with Gasteiger partial charge in [0.2, 0.25) is 0 Å². The zero-order valence-corrected chi connectivity index (χ0v) is 11.5. The second kappa shape index (κ2) is 4.69. The van der Waals surface area contributed by atoms with Crippen molar-refractivity contribution >= 4 is 5.82 Å². The minimum absolute atomic E-state index is 0.215. The molecule has 0 aliphatic rings. The highest BCUT2D eigenvalue weighted by atomic mass is 15.3. The van der Waals surface area contributed by atoms with Crippen LogP contribution in [0.15, 0.2) is 6.07 Å². The second-order valence-electron chi connectivity index (χ2n) is 4.75. The van der Waals surface area contributed by atoms with E-state index in [0.717, 1.165) is 11.5 Å². The molecule has 2 rings (SSSR count). The lowest BCUT2D eigenvalue weighted by Crippen LogP contribution is -2.09. The van der Waals surface area contributed by atoms with E-state index in [1.54, 1.807) is 13.0 Å². The molecule has 0 bridgehead atoms. The third-order valence-electron chi connectivity index (χ3n) is 2.80. The zero-order chi connectivity index (χ0) is 14.2. The number of nitriles is 1. The summed E-state index contributed by atoms with van der Waals surface area (Å²) in [6, 6.07) is 3.86. The van der Waals surface area contributed by atoms with Crippen LogP contribution in [0.5, 0.6) is 0 Å². The fourth-order valence-corrected chi connectivity index (χ4v) is 1.80. The van der Waals surface area contributed by atoms with Crippen LogP contribution in [0.3, 0.4) is 0 Å². The van der Waals surface area contributed by atoms with Crippen LogP contribution in [0.4, 0.5) is 5.82 Å². The molecule has 0 unspecified atom stereocenters. The third-order valence-corrected chi connectivity index (χ3v) is 2.80. The highest BCUT2D eigenvalue weighted by Crippen LogP contribution is 2.20. The predicted molar refractivity (Wildman–Crippen MR) is 71.8 cm³/mol. The SMILES string of the molecule is Cc1cc(-n2nc(C)c(C#N)c2N)nc(C(C)C)n1. The Hall–Kier alpha value is -2.42. The van der Waals surface area contributed by atoms with Crippen molar-refractivity contribution in [1.82, 2.24) is 19.7 Å². The van der Waals surface area contributed by atoms with Crippen molar-refractivity contribution in [3.8, 4) is 11.9 Å². The number of nitrogen functional groups attached to an aromatic ring is 1. The zero-order valence-electron chi connectivity index (χ0n) is 11.5. The number of aryl methyl sites for hydroxylation is 2. The number of anilines is 1. The smallest absolute Gasteiger partial charge is 0.159 e. The molecule has 0 amide bonds. The Morgan fingerprint density at radius 3 is 2.53 bits per heavy atom. The van der Waals surface area contributed by atoms with E-state index in [1.807, 2.05) is 20.8 Å². The molecule has 0 atom stereocenters. The Morgan fingerprint density at radius 1 is 1.32 bits per heavy atom. The van der Waals surface area contributed by atoms with Crippen LogP contribution in [0.2, 0.25) is 0 Å². The summed E-state index contributed by atoms with van der Waals surface area (Å²) in [4.78, 5) is 8.83. The molecule has 6 heteroatoms. The summed E-state index contributed by atoms with van der Waals surface area (Å²) in [5, 5.41) is 13.3. The summed E-state index contributed by atoms with van der Waals surface area (Å²) in [5.74, 6) is 1.86. The molecule has 6 nitrogen and oxygen atoms in total. The molecule has 0 spiro atoms. The van der Waals surface area contributed by atoms with Crippen LogP contribution in [-0.2, 0) is 0 Å². The number of aromatic nitrogens is 4. The van der Waals surface area contributed by atoms with E-state index in [-0.39, 0.29) is 5.92 Å². The molecule has 0 radical (unpaired) electrons. The van der Waals surface area contributed by atoms with Crippen LogP contribution >= 0.6 is 0 Å². The largest absolute Gasteiger partial charge is 0.382 e. The van der Waals surface area contributed by atoms with E-state index in [1.165, 1.54) is 4.68 Å². The van der Waals surface area contributed by atoms with Gasteiger partial charge in [-0.15, -0.1) is 0 Å². The topological polar surface area (TPSA) is 93.4 Å². The summed E-state index contributed by atoms with van der Waals surface area (Å²) in [6.07, 6.45) is 0. The Labute approximate surface area is 111 Å². The summed E-state index contributed by atoms with van der Waals surface area (Å²) in [5.41, 5.74) is 7.78. The lowest BCUT2D eigenvalue weighted by molar-refractivity contribution is 0.738. The molecule has 98 valence electrons. The average Bonchev–Trinajstić information content (AvgIpc) is 2.63. The van der Waals surface area contributed by atoms with Gasteiger partial charge in [0.1, 0.15) is 23.3 Å². The highest BCUT2D eigenvalue weighted by Gasteiger charge is 2.15. The van der Waals surface area contributed by atoms with E-state index in [0.29, 0.717) is 22.9 Å². The maximum atomic E-state index is 9.04. The highest BCUT2D eigenvalue weighted by molar-refractivity contribution is 5.54. The van der Waals surface area contributed by atoms with Gasteiger partial charge in [0.25, 0.3) is 0 Å². The number of hydrogen-bond acceptors (Lipinski definition) is 5. The molecule has 0 fully saturated rings. The number of rotatable bonds is 2. The lowest BCUT2D eigenvalue weighted by atomic mass is 10.2. The van der Waals surface area contributed by atoms with Gasteiger partial charge in [0.05, 0.1) is 5.69 Å². The van der Waals surface area contributed by atoms with Gasteiger partial charge < -0.3 is 5.73 Å². The first kappa shape index (κ1) is 13.0. The monoisotopic (exact) mass is 256 g/mol. The summed E-state index contributed by atoms with van der Waals surface area (Å²) in [6.45, 7) is 7.70. The van der Waals surface area contributed by atoms with Gasteiger partial charge in [-0.05, 0) is 13.8 Å². The molecule has 2 heterocycles. The fourth-order valence-electron chi connectivity index (χ4n) is 1.80. The molecule has 0 saturated heterocycles. The van der Waals surface area contributed by atoms with Crippen molar-refractivity contribution in [2.45, 2.75) is 33.6 Å². The van der Waals surface area contributed by atoms with Crippen LogP contribution < -0.4 is 5.73 Å². The van der Waals surface area contributed by atoms with Crippen molar-refractivity contribution in [1.29, 1.82) is 5.26 Å². The molecular weight excluding hydrogens is 240 g/mol. The number of nitrogens with two attached hydrogens (primary N) is 1. The molecular formula is C13H16N6. The van der Waals surface area contributed by atoms with Gasteiger partial charge in [-0.1, -0.05) is 13.8 Å². The van der Waals surface area contributed by atoms with Crippen LogP contribution in [0, 0.1) is 25.2 Å². The van der Waals surface area contributed by atoms with Gasteiger partial charge in [0.15, 0.2) is 5.82 Å². The minimum Gasteiger partial charge on any atom is -0.382 e. The van der Waals surface area contributed by atoms with E-state index < -0.39 is 0 Å².